The molecule has 4 nitrogen and oxygen atoms in total. The summed E-state index contributed by atoms with van der Waals surface area (Å²) in [4.78, 5) is 8.02. The smallest absolute Gasteiger partial charge is 0.223 e. The number of fused-ring (bicyclic) bond motifs is 1. The minimum absolute atomic E-state index is 0.271. The van der Waals surface area contributed by atoms with Gasteiger partial charge in [0, 0.05) is 7.05 Å². The Morgan fingerprint density at radius 3 is 2.92 bits per heavy atom. The van der Waals surface area contributed by atoms with Gasteiger partial charge in [-0.2, -0.15) is 5.10 Å². The van der Waals surface area contributed by atoms with Crippen molar-refractivity contribution in [2.75, 3.05) is 0 Å². The molecule has 0 atom stereocenters. The third-order valence-corrected chi connectivity index (χ3v) is 1.79. The second-order valence-electron chi connectivity index (χ2n) is 2.61. The largest absolute Gasteiger partial charge is 0.273 e. The normalized spacial score (nSPS) is 10.9. The van der Waals surface area contributed by atoms with E-state index in [9.17, 15) is 0 Å². The first-order valence-corrected chi connectivity index (χ1v) is 3.88. The molecule has 0 N–H and O–H groups in total. The van der Waals surface area contributed by atoms with E-state index in [2.05, 4.69) is 15.1 Å². The highest BCUT2D eigenvalue weighted by Gasteiger charge is 2.05. The third kappa shape index (κ3) is 1.04. The van der Waals surface area contributed by atoms with E-state index >= 15 is 0 Å². The summed E-state index contributed by atoms with van der Waals surface area (Å²) < 4.78 is 1.70. The van der Waals surface area contributed by atoms with Crippen molar-refractivity contribution in [3.8, 4) is 0 Å². The van der Waals surface area contributed by atoms with Gasteiger partial charge in [0.25, 0.3) is 0 Å². The maximum Gasteiger partial charge on any atom is 0.223 e. The number of halogens is 1. The van der Waals surface area contributed by atoms with E-state index < -0.39 is 0 Å². The summed E-state index contributed by atoms with van der Waals surface area (Å²) in [5.74, 6) is 0. The molecule has 12 heavy (non-hydrogen) atoms. The van der Waals surface area contributed by atoms with E-state index in [4.69, 9.17) is 11.6 Å². The quantitative estimate of drug-likeness (QED) is 0.578. The van der Waals surface area contributed by atoms with Gasteiger partial charge in [0.05, 0.1) is 11.9 Å². The Balaban J connectivity index is 2.88. The molecule has 0 unspecified atom stereocenters. The topological polar surface area (TPSA) is 43.6 Å². The fourth-order valence-corrected chi connectivity index (χ4v) is 1.35. The van der Waals surface area contributed by atoms with E-state index in [1.807, 2.05) is 20.2 Å². The zero-order chi connectivity index (χ0) is 8.72. The first-order chi connectivity index (χ1) is 5.66. The first kappa shape index (κ1) is 7.49. The Kier molecular flexibility index (Phi) is 1.51. The fraction of sp³-hybridized carbons (Fsp3) is 0.286. The highest BCUT2D eigenvalue weighted by molar-refractivity contribution is 6.28. The van der Waals surface area contributed by atoms with Gasteiger partial charge in [0.2, 0.25) is 5.28 Å². The van der Waals surface area contributed by atoms with Crippen LogP contribution in [0.3, 0.4) is 0 Å². The lowest BCUT2D eigenvalue weighted by Crippen LogP contribution is -1.89. The van der Waals surface area contributed by atoms with Crippen LogP contribution >= 0.6 is 11.6 Å². The summed E-state index contributed by atoms with van der Waals surface area (Å²) in [6, 6.07) is 0. The summed E-state index contributed by atoms with van der Waals surface area (Å²) in [6.07, 6.45) is 1.82. The molecule has 2 aromatic heterocycles. The molecule has 2 aromatic rings. The SMILES string of the molecule is Cc1nc(Cl)nc2cn(C)nc12. The van der Waals surface area contributed by atoms with Crippen LogP contribution in [0.4, 0.5) is 0 Å². The summed E-state index contributed by atoms with van der Waals surface area (Å²) in [7, 11) is 1.84. The van der Waals surface area contributed by atoms with E-state index in [0.717, 1.165) is 16.7 Å². The number of hydrogen-bond donors (Lipinski definition) is 0. The summed E-state index contributed by atoms with van der Waals surface area (Å²) in [5, 5.41) is 4.46. The molecule has 0 amide bonds. The lowest BCUT2D eigenvalue weighted by atomic mass is 10.4. The second-order valence-corrected chi connectivity index (χ2v) is 2.95. The molecular weight excluding hydrogens is 176 g/mol. The molecule has 0 saturated heterocycles. The average molecular weight is 183 g/mol. The monoisotopic (exact) mass is 182 g/mol. The maximum atomic E-state index is 5.67. The van der Waals surface area contributed by atoms with Crippen LogP contribution in [0.5, 0.6) is 0 Å². The molecule has 2 heterocycles. The van der Waals surface area contributed by atoms with Gasteiger partial charge in [-0.3, -0.25) is 4.68 Å². The Hall–Kier alpha value is -1.16. The van der Waals surface area contributed by atoms with Gasteiger partial charge in [-0.1, -0.05) is 0 Å². The summed E-state index contributed by atoms with van der Waals surface area (Å²) >= 11 is 5.67. The van der Waals surface area contributed by atoms with Gasteiger partial charge in [-0.15, -0.1) is 0 Å². The van der Waals surface area contributed by atoms with Crippen LogP contribution in [0, 0.1) is 6.92 Å². The molecular formula is C7H7ClN4. The molecule has 62 valence electrons. The fourth-order valence-electron chi connectivity index (χ4n) is 1.13. The van der Waals surface area contributed by atoms with Gasteiger partial charge in [0.15, 0.2) is 0 Å². The zero-order valence-electron chi connectivity index (χ0n) is 6.74. The molecule has 0 spiro atoms. The predicted octanol–water partition coefficient (Wildman–Crippen LogP) is 1.33. The van der Waals surface area contributed by atoms with Crippen molar-refractivity contribution < 1.29 is 0 Å². The highest BCUT2D eigenvalue weighted by Crippen LogP contribution is 2.14. The van der Waals surface area contributed by atoms with Crippen LogP contribution in [0.2, 0.25) is 5.28 Å². The van der Waals surface area contributed by atoms with Gasteiger partial charge in [-0.05, 0) is 18.5 Å². The number of aromatic nitrogens is 4. The van der Waals surface area contributed by atoms with Crippen molar-refractivity contribution >= 4 is 22.6 Å². The van der Waals surface area contributed by atoms with E-state index in [0.29, 0.717) is 0 Å². The lowest BCUT2D eigenvalue weighted by Gasteiger charge is -1.92. The average Bonchev–Trinajstić information content (AvgIpc) is 2.29. The zero-order valence-corrected chi connectivity index (χ0v) is 7.50. The molecule has 0 aliphatic carbocycles. The van der Waals surface area contributed by atoms with Gasteiger partial charge >= 0.3 is 0 Å². The van der Waals surface area contributed by atoms with Gasteiger partial charge in [0.1, 0.15) is 11.0 Å². The Labute approximate surface area is 74.2 Å². The molecule has 5 heteroatoms. The second kappa shape index (κ2) is 2.42. The van der Waals surface area contributed by atoms with Crippen LogP contribution in [0.25, 0.3) is 11.0 Å². The van der Waals surface area contributed by atoms with Crippen LogP contribution in [-0.2, 0) is 7.05 Å². The first-order valence-electron chi connectivity index (χ1n) is 3.50. The maximum absolute atomic E-state index is 5.67. The predicted molar refractivity (Wildman–Crippen MR) is 46.1 cm³/mol. The van der Waals surface area contributed by atoms with Crippen LogP contribution in [0.15, 0.2) is 6.20 Å². The Morgan fingerprint density at radius 2 is 2.17 bits per heavy atom. The summed E-state index contributed by atoms with van der Waals surface area (Å²) in [5.41, 5.74) is 2.41. The number of hydrogen-bond acceptors (Lipinski definition) is 3. The molecule has 0 bridgehead atoms. The molecule has 0 saturated carbocycles. The van der Waals surface area contributed by atoms with Crippen molar-refractivity contribution in [2.24, 2.45) is 7.05 Å². The molecule has 0 aliphatic rings. The van der Waals surface area contributed by atoms with Crippen molar-refractivity contribution in [2.45, 2.75) is 6.92 Å². The number of aryl methyl sites for hydroxylation is 2. The van der Waals surface area contributed by atoms with E-state index in [1.54, 1.807) is 4.68 Å². The summed E-state index contributed by atoms with van der Waals surface area (Å²) in [6.45, 7) is 1.86. The van der Waals surface area contributed by atoms with Crippen molar-refractivity contribution in [1.82, 2.24) is 19.7 Å². The van der Waals surface area contributed by atoms with E-state index in [1.165, 1.54) is 0 Å². The number of nitrogens with zero attached hydrogens (tertiary/aromatic N) is 4. The van der Waals surface area contributed by atoms with Crippen LogP contribution in [0.1, 0.15) is 5.69 Å². The van der Waals surface area contributed by atoms with Gasteiger partial charge in [-0.25, -0.2) is 9.97 Å². The standard InChI is InChI=1S/C7H7ClN4/c1-4-6-5(3-12(2)11-6)10-7(8)9-4/h3H,1-2H3. The minimum Gasteiger partial charge on any atom is -0.273 e. The molecule has 0 aromatic carbocycles. The lowest BCUT2D eigenvalue weighted by molar-refractivity contribution is 0.778. The van der Waals surface area contributed by atoms with Crippen LogP contribution < -0.4 is 0 Å². The minimum atomic E-state index is 0.271. The van der Waals surface area contributed by atoms with Crippen LogP contribution in [-0.4, -0.2) is 19.7 Å². The molecule has 0 radical (unpaired) electrons. The van der Waals surface area contributed by atoms with Crippen molar-refractivity contribution in [3.05, 3.63) is 17.2 Å². The molecule has 2 rings (SSSR count). The van der Waals surface area contributed by atoms with Gasteiger partial charge < -0.3 is 0 Å². The highest BCUT2D eigenvalue weighted by atomic mass is 35.5. The third-order valence-electron chi connectivity index (χ3n) is 1.62. The van der Waals surface area contributed by atoms with Crippen molar-refractivity contribution in [3.63, 3.8) is 0 Å². The molecule has 0 aliphatic heterocycles. The number of rotatable bonds is 0. The Bertz CT molecular complexity index is 434. The Morgan fingerprint density at radius 1 is 1.42 bits per heavy atom. The van der Waals surface area contributed by atoms with E-state index in [-0.39, 0.29) is 5.28 Å². The molecule has 0 fully saturated rings. The van der Waals surface area contributed by atoms with Crippen molar-refractivity contribution in [1.29, 1.82) is 0 Å².